The van der Waals surface area contributed by atoms with Crippen molar-refractivity contribution in [3.63, 3.8) is 0 Å². The van der Waals surface area contributed by atoms with Gasteiger partial charge in [0, 0.05) is 24.4 Å². The Morgan fingerprint density at radius 3 is 3.07 bits per heavy atom. The SMILES string of the molecule is COc1nc(C(=O)NSc2cccc3c2OCC3)ccc1Cn1cccn1. The fourth-order valence-electron chi connectivity index (χ4n) is 2.88. The van der Waals surface area contributed by atoms with E-state index in [9.17, 15) is 4.79 Å². The van der Waals surface area contributed by atoms with Crippen LogP contribution in [0, 0.1) is 0 Å². The van der Waals surface area contributed by atoms with E-state index in [1.54, 1.807) is 16.9 Å². The Morgan fingerprint density at radius 1 is 1.33 bits per heavy atom. The van der Waals surface area contributed by atoms with Crippen LogP contribution in [-0.2, 0) is 13.0 Å². The zero-order valence-corrected chi connectivity index (χ0v) is 15.5. The lowest BCUT2D eigenvalue weighted by atomic mass is 10.2. The molecule has 0 aliphatic carbocycles. The number of benzene rings is 1. The van der Waals surface area contributed by atoms with Crippen LogP contribution in [0.5, 0.6) is 11.6 Å². The normalized spacial score (nSPS) is 12.3. The molecule has 1 aromatic carbocycles. The van der Waals surface area contributed by atoms with E-state index in [0.717, 1.165) is 28.2 Å². The molecule has 0 unspecified atom stereocenters. The van der Waals surface area contributed by atoms with Gasteiger partial charge in [0.25, 0.3) is 5.91 Å². The molecule has 27 heavy (non-hydrogen) atoms. The van der Waals surface area contributed by atoms with Gasteiger partial charge < -0.3 is 9.47 Å². The van der Waals surface area contributed by atoms with Crippen LogP contribution in [-0.4, -0.2) is 34.4 Å². The molecule has 0 bridgehead atoms. The number of nitrogens with one attached hydrogen (secondary N) is 1. The van der Waals surface area contributed by atoms with E-state index in [2.05, 4.69) is 14.8 Å². The Labute approximate surface area is 160 Å². The second-order valence-electron chi connectivity index (χ2n) is 5.94. The van der Waals surface area contributed by atoms with Crippen molar-refractivity contribution in [3.05, 3.63) is 65.6 Å². The predicted octanol–water partition coefficient (Wildman–Crippen LogP) is 2.71. The Hall–Kier alpha value is -3.00. The molecule has 1 aliphatic rings. The van der Waals surface area contributed by atoms with E-state index >= 15 is 0 Å². The molecule has 1 aliphatic heterocycles. The molecule has 0 spiro atoms. The standard InChI is InChI=1S/C19H18N4O3S/c1-25-19-14(12-23-10-3-9-20-23)6-7-15(21-19)18(24)22-27-16-5-2-4-13-8-11-26-17(13)16/h2-7,9-10H,8,11-12H2,1H3,(H,22,24). The molecule has 7 nitrogen and oxygen atoms in total. The minimum Gasteiger partial charge on any atom is -0.492 e. The fraction of sp³-hybridized carbons (Fsp3) is 0.211. The van der Waals surface area contributed by atoms with Gasteiger partial charge in [-0.3, -0.25) is 14.2 Å². The molecule has 4 rings (SSSR count). The molecule has 0 saturated carbocycles. The number of nitrogens with zero attached hydrogens (tertiary/aromatic N) is 3. The van der Waals surface area contributed by atoms with Crippen molar-refractivity contribution in [2.75, 3.05) is 13.7 Å². The van der Waals surface area contributed by atoms with Gasteiger partial charge in [0.1, 0.15) is 11.4 Å². The number of fused-ring (bicyclic) bond motifs is 1. The van der Waals surface area contributed by atoms with Crippen LogP contribution in [0.2, 0.25) is 0 Å². The number of amides is 1. The minimum atomic E-state index is -0.292. The van der Waals surface area contributed by atoms with Crippen LogP contribution in [0.3, 0.4) is 0 Å². The summed E-state index contributed by atoms with van der Waals surface area (Å²) in [5, 5.41) is 4.17. The summed E-state index contributed by atoms with van der Waals surface area (Å²) in [6.45, 7) is 1.20. The molecule has 8 heteroatoms. The second-order valence-corrected chi connectivity index (χ2v) is 6.79. The van der Waals surface area contributed by atoms with Crippen molar-refractivity contribution >= 4 is 17.9 Å². The number of carbonyl (C=O) groups excluding carboxylic acids is 1. The topological polar surface area (TPSA) is 78.3 Å². The van der Waals surface area contributed by atoms with Gasteiger partial charge in [0.2, 0.25) is 5.88 Å². The quantitative estimate of drug-likeness (QED) is 0.661. The summed E-state index contributed by atoms with van der Waals surface area (Å²) >= 11 is 1.23. The minimum absolute atomic E-state index is 0.289. The molecule has 2 aromatic heterocycles. The highest BCUT2D eigenvalue weighted by Gasteiger charge is 2.18. The molecule has 3 heterocycles. The van der Waals surface area contributed by atoms with E-state index in [-0.39, 0.29) is 11.6 Å². The molecular weight excluding hydrogens is 364 g/mol. The smallest absolute Gasteiger partial charge is 0.280 e. The molecule has 138 valence electrons. The van der Waals surface area contributed by atoms with E-state index < -0.39 is 0 Å². The van der Waals surface area contributed by atoms with Crippen molar-refractivity contribution in [2.45, 2.75) is 17.9 Å². The summed E-state index contributed by atoms with van der Waals surface area (Å²) in [6, 6.07) is 11.3. The maximum Gasteiger partial charge on any atom is 0.280 e. The summed E-state index contributed by atoms with van der Waals surface area (Å²) in [5.41, 5.74) is 2.30. The first kappa shape index (κ1) is 17.4. The summed E-state index contributed by atoms with van der Waals surface area (Å²) in [7, 11) is 1.54. The lowest BCUT2D eigenvalue weighted by molar-refractivity contribution is 0.0978. The molecule has 0 fully saturated rings. The van der Waals surface area contributed by atoms with Crippen LogP contribution in [0.15, 0.2) is 53.7 Å². The van der Waals surface area contributed by atoms with Gasteiger partial charge in [-0.1, -0.05) is 12.1 Å². The third-order valence-corrected chi connectivity index (χ3v) is 5.02. The average Bonchev–Trinajstić information content (AvgIpc) is 3.38. The number of hydrogen-bond acceptors (Lipinski definition) is 6. The number of methoxy groups -OCH3 is 1. The molecule has 3 aromatic rings. The molecule has 0 atom stereocenters. The highest BCUT2D eigenvalue weighted by Crippen LogP contribution is 2.35. The molecule has 1 amide bonds. The van der Waals surface area contributed by atoms with Crippen LogP contribution >= 0.6 is 11.9 Å². The fourth-order valence-corrected chi connectivity index (χ4v) is 3.62. The lowest BCUT2D eigenvalue weighted by Crippen LogP contribution is -2.18. The van der Waals surface area contributed by atoms with Crippen molar-refractivity contribution in [1.29, 1.82) is 0 Å². The van der Waals surface area contributed by atoms with Gasteiger partial charge in [0.05, 0.1) is 25.2 Å². The Morgan fingerprint density at radius 2 is 2.26 bits per heavy atom. The van der Waals surface area contributed by atoms with Crippen molar-refractivity contribution in [3.8, 4) is 11.6 Å². The monoisotopic (exact) mass is 382 g/mol. The first-order chi connectivity index (χ1) is 13.2. The van der Waals surface area contributed by atoms with Gasteiger partial charge in [0.15, 0.2) is 0 Å². The van der Waals surface area contributed by atoms with E-state index in [4.69, 9.17) is 9.47 Å². The van der Waals surface area contributed by atoms with Crippen LogP contribution < -0.4 is 14.2 Å². The second kappa shape index (κ2) is 7.71. The van der Waals surface area contributed by atoms with Gasteiger partial charge in [-0.15, -0.1) is 0 Å². The third kappa shape index (κ3) is 3.75. The van der Waals surface area contributed by atoms with Crippen LogP contribution in [0.1, 0.15) is 21.6 Å². The van der Waals surface area contributed by atoms with Crippen molar-refractivity contribution in [2.24, 2.45) is 0 Å². The molecular formula is C19H18N4O3S. The van der Waals surface area contributed by atoms with Gasteiger partial charge in [-0.2, -0.15) is 5.10 Å². The Bertz CT molecular complexity index is 960. The average molecular weight is 382 g/mol. The van der Waals surface area contributed by atoms with Gasteiger partial charge in [-0.25, -0.2) is 4.98 Å². The van der Waals surface area contributed by atoms with Crippen LogP contribution in [0.25, 0.3) is 0 Å². The first-order valence-electron chi connectivity index (χ1n) is 8.48. The maximum absolute atomic E-state index is 12.5. The molecule has 0 saturated heterocycles. The lowest BCUT2D eigenvalue weighted by Gasteiger charge is -2.11. The highest BCUT2D eigenvalue weighted by molar-refractivity contribution is 7.98. The van der Waals surface area contributed by atoms with E-state index in [0.29, 0.717) is 19.0 Å². The van der Waals surface area contributed by atoms with E-state index in [1.807, 2.05) is 36.5 Å². The summed E-state index contributed by atoms with van der Waals surface area (Å²) < 4.78 is 15.6. The van der Waals surface area contributed by atoms with Crippen molar-refractivity contribution in [1.82, 2.24) is 19.5 Å². The predicted molar refractivity (Wildman–Crippen MR) is 101 cm³/mol. The summed E-state index contributed by atoms with van der Waals surface area (Å²) in [4.78, 5) is 17.7. The van der Waals surface area contributed by atoms with Crippen LogP contribution in [0.4, 0.5) is 0 Å². The third-order valence-electron chi connectivity index (χ3n) is 4.19. The summed E-state index contributed by atoms with van der Waals surface area (Å²) in [6.07, 6.45) is 4.47. The zero-order chi connectivity index (χ0) is 18.6. The number of carbonyl (C=O) groups is 1. The Balaban J connectivity index is 1.46. The molecule has 0 radical (unpaired) electrons. The Kier molecular flexibility index (Phi) is 4.97. The zero-order valence-electron chi connectivity index (χ0n) is 14.7. The number of ether oxygens (including phenoxy) is 2. The number of aromatic nitrogens is 3. The van der Waals surface area contributed by atoms with Crippen molar-refractivity contribution < 1.29 is 14.3 Å². The number of pyridine rings is 1. The molecule has 1 N–H and O–H groups in total. The maximum atomic E-state index is 12.5. The van der Waals surface area contributed by atoms with Gasteiger partial charge in [-0.05, 0) is 41.8 Å². The van der Waals surface area contributed by atoms with Gasteiger partial charge >= 0.3 is 0 Å². The number of para-hydroxylation sites is 1. The number of hydrogen-bond donors (Lipinski definition) is 1. The van der Waals surface area contributed by atoms with E-state index in [1.165, 1.54) is 19.1 Å². The summed E-state index contributed by atoms with van der Waals surface area (Å²) in [5.74, 6) is 0.967. The highest BCUT2D eigenvalue weighted by atomic mass is 32.2. The number of rotatable bonds is 6. The largest absolute Gasteiger partial charge is 0.492 e. The first-order valence-corrected chi connectivity index (χ1v) is 9.29.